The molecule has 2 saturated heterocycles. The van der Waals surface area contributed by atoms with Crippen LogP contribution in [0, 0.1) is 0 Å². The van der Waals surface area contributed by atoms with Crippen LogP contribution in [0.1, 0.15) is 105 Å². The first-order valence-electron chi connectivity index (χ1n) is 26.0. The average Bonchev–Trinajstić information content (AvgIpc) is 2.85. The molecule has 25 heteroatoms. The van der Waals surface area contributed by atoms with Crippen molar-refractivity contribution in [1.82, 2.24) is 24.9 Å². The van der Waals surface area contributed by atoms with Crippen molar-refractivity contribution in [2.75, 3.05) is 53.9 Å². The SMILES string of the molecule is CCOC(=O)CC(=O)c1ccc(Br)cc1Cl.CCOC(=O)c1cnn(C2CCOCC2)c1-c1ccc(Br)cc1Cl.COc1ccc(CNC(=O)c2cnn(C3CCOCC3)c2-c2ccc(Br)cc2Cl)c(OC)c1.O=C(O)c1ccc(Br)cc1Cl. The lowest BCUT2D eigenvalue weighted by Gasteiger charge is -2.25. The number of nitrogens with one attached hydrogen (secondary N) is 1. The smallest absolute Gasteiger partial charge is 0.341 e. The second kappa shape index (κ2) is 33.5. The number of amides is 1. The van der Waals surface area contributed by atoms with Crippen molar-refractivity contribution in [3.63, 3.8) is 0 Å². The van der Waals surface area contributed by atoms with Crippen LogP contribution >= 0.6 is 110 Å². The van der Waals surface area contributed by atoms with E-state index in [0.29, 0.717) is 94.2 Å². The molecule has 1 amide bonds. The Morgan fingerprint density at radius 1 is 0.595 bits per heavy atom. The Labute approximate surface area is 539 Å². The number of Topliss-reactive ketones (excluding diaryl/α,β-unsaturated/α-hetero) is 1. The number of carboxylic acids is 1. The number of hydrogen-bond acceptors (Lipinski definition) is 13. The zero-order chi connectivity index (χ0) is 61.0. The summed E-state index contributed by atoms with van der Waals surface area (Å²) >= 11 is 37.8. The molecule has 2 aliphatic heterocycles. The summed E-state index contributed by atoms with van der Waals surface area (Å²) < 4.78 is 38.6. The fourth-order valence-electron chi connectivity index (χ4n) is 8.65. The zero-order valence-electron chi connectivity index (χ0n) is 45.7. The highest BCUT2D eigenvalue weighted by atomic mass is 79.9. The van der Waals surface area contributed by atoms with Gasteiger partial charge in [-0.25, -0.2) is 9.59 Å². The van der Waals surface area contributed by atoms with Gasteiger partial charge in [-0.05, 0) is 112 Å². The second-order valence-electron chi connectivity index (χ2n) is 18.2. The molecule has 0 saturated carbocycles. The van der Waals surface area contributed by atoms with Crippen molar-refractivity contribution in [2.24, 2.45) is 0 Å². The van der Waals surface area contributed by atoms with E-state index in [1.807, 2.05) is 57.9 Å². The van der Waals surface area contributed by atoms with Crippen molar-refractivity contribution in [3.05, 3.63) is 169 Å². The van der Waals surface area contributed by atoms with Crippen LogP contribution in [-0.2, 0) is 30.3 Å². The lowest BCUT2D eigenvalue weighted by molar-refractivity contribution is -0.141. The molecule has 2 aliphatic rings. The van der Waals surface area contributed by atoms with Gasteiger partial charge in [0.15, 0.2) is 5.78 Å². The van der Waals surface area contributed by atoms with Crippen LogP contribution in [0.15, 0.2) is 121 Å². The summed E-state index contributed by atoms with van der Waals surface area (Å²) in [6.45, 7) is 7.05. The van der Waals surface area contributed by atoms with Gasteiger partial charge in [-0.3, -0.25) is 23.7 Å². The van der Waals surface area contributed by atoms with Crippen LogP contribution in [0.5, 0.6) is 11.5 Å². The topological polar surface area (TPSA) is 209 Å². The molecule has 0 unspecified atom stereocenters. The number of carbonyl (C=O) groups excluding carboxylic acids is 4. The highest BCUT2D eigenvalue weighted by Crippen LogP contribution is 2.38. The largest absolute Gasteiger partial charge is 0.497 e. The number of carbonyl (C=O) groups is 5. The molecule has 0 aliphatic carbocycles. The van der Waals surface area contributed by atoms with Crippen LogP contribution in [0.4, 0.5) is 0 Å². The summed E-state index contributed by atoms with van der Waals surface area (Å²) in [5, 5.41) is 22.3. The summed E-state index contributed by atoms with van der Waals surface area (Å²) in [6, 6.07) is 26.6. The van der Waals surface area contributed by atoms with E-state index >= 15 is 0 Å². The number of hydrogen-bond donors (Lipinski definition) is 2. The Hall–Kier alpha value is -5.33. The minimum Gasteiger partial charge on any atom is -0.497 e. The molecular weight excluding hydrogens is 1430 g/mol. The van der Waals surface area contributed by atoms with E-state index < -0.39 is 11.9 Å². The fraction of sp³-hybridized carbons (Fsp3) is 0.305. The number of methoxy groups -OCH3 is 2. The van der Waals surface area contributed by atoms with Crippen molar-refractivity contribution in [1.29, 1.82) is 0 Å². The lowest BCUT2D eigenvalue weighted by atomic mass is 10.0. The molecule has 0 atom stereocenters. The number of halogens is 8. The summed E-state index contributed by atoms with van der Waals surface area (Å²) in [6.07, 6.45) is 6.26. The molecule has 5 aromatic carbocycles. The molecule has 9 rings (SSSR count). The third kappa shape index (κ3) is 18.8. The Bertz CT molecular complexity index is 3450. The minimum absolute atomic E-state index is 0.120. The van der Waals surface area contributed by atoms with Crippen molar-refractivity contribution < 1.29 is 57.5 Å². The number of aromatic carboxylic acids is 1. The molecule has 0 bridgehead atoms. The Kier molecular flexibility index (Phi) is 27.1. The van der Waals surface area contributed by atoms with Crippen molar-refractivity contribution in [3.8, 4) is 34.0 Å². The average molecular weight is 1490 g/mol. The van der Waals surface area contributed by atoms with Crippen molar-refractivity contribution in [2.45, 2.75) is 64.6 Å². The molecule has 7 aromatic rings. The minimum atomic E-state index is -1.01. The maximum absolute atomic E-state index is 13.3. The van der Waals surface area contributed by atoms with Gasteiger partial charge in [-0.15, -0.1) is 0 Å². The van der Waals surface area contributed by atoms with Gasteiger partial charge in [0.2, 0.25) is 0 Å². The van der Waals surface area contributed by atoms with Gasteiger partial charge in [0.05, 0.1) is 94.5 Å². The van der Waals surface area contributed by atoms with E-state index in [-0.39, 0.29) is 53.4 Å². The third-order valence-corrected chi connectivity index (χ3v) is 15.9. The number of ether oxygens (including phenoxy) is 6. The number of rotatable bonds is 16. The molecule has 2 aromatic heterocycles. The van der Waals surface area contributed by atoms with Crippen LogP contribution in [-0.4, -0.2) is 108 Å². The van der Waals surface area contributed by atoms with Gasteiger partial charge >= 0.3 is 17.9 Å². The Balaban J connectivity index is 0.000000194. The number of ketones is 1. The second-order valence-corrected chi connectivity index (χ2v) is 23.5. The molecule has 17 nitrogen and oxygen atoms in total. The summed E-state index contributed by atoms with van der Waals surface area (Å²) in [5.74, 6) is -1.18. The number of carboxylic acid groups (broad SMARTS) is 1. The first-order valence-corrected chi connectivity index (χ1v) is 30.7. The molecule has 84 heavy (non-hydrogen) atoms. The van der Waals surface area contributed by atoms with Gasteiger partial charge in [-0.1, -0.05) is 122 Å². The standard InChI is InChI=1S/C24H25BrClN3O4.C17H18BrClN2O3.C11H10BrClO3.C7H4BrClO2/c1-31-18-5-3-15(22(12-18)32-2)13-27-24(30)20-14-28-29(17-7-9-33-10-8-17)23(20)19-6-4-16(25)11-21(19)26;1-2-24-17(22)14-10-20-21(12-5-7-23-8-6-12)16(14)13-4-3-11(18)9-15(13)19;1-2-16-11(15)6-10(14)8-4-3-7(12)5-9(8)13;8-4-1-2-5(7(10)11)6(9)3-4/h3-6,11-12,14,17H,7-10,13H2,1-2H3,(H,27,30);3-4,9-10,12H,2,5-8H2,1H3;3-5H,2,6H2,1H3;1-3H,(H,10,11). The lowest BCUT2D eigenvalue weighted by Crippen LogP contribution is -2.25. The quantitative estimate of drug-likeness (QED) is 0.0524. The summed E-state index contributed by atoms with van der Waals surface area (Å²) in [5.41, 5.74) is 5.14. The molecule has 4 heterocycles. The molecule has 0 spiro atoms. The normalized spacial score (nSPS) is 13.1. The Morgan fingerprint density at radius 2 is 1.06 bits per heavy atom. The highest BCUT2D eigenvalue weighted by Gasteiger charge is 2.29. The van der Waals surface area contributed by atoms with E-state index in [1.54, 1.807) is 76.9 Å². The summed E-state index contributed by atoms with van der Waals surface area (Å²) in [7, 11) is 3.19. The monoisotopic (exact) mass is 1480 g/mol. The van der Waals surface area contributed by atoms with E-state index in [2.05, 4.69) is 84.0 Å². The first-order chi connectivity index (χ1) is 40.3. The molecule has 0 radical (unpaired) electrons. The van der Waals surface area contributed by atoms with Crippen LogP contribution in [0.3, 0.4) is 0 Å². The number of nitrogens with zero attached hydrogens (tertiary/aromatic N) is 4. The predicted octanol–water partition coefficient (Wildman–Crippen LogP) is 15.8. The van der Waals surface area contributed by atoms with Crippen LogP contribution in [0.2, 0.25) is 20.1 Å². The van der Waals surface area contributed by atoms with Gasteiger partial charge in [-0.2, -0.15) is 10.2 Å². The molecule has 2 N–H and O–H groups in total. The van der Waals surface area contributed by atoms with E-state index in [1.165, 1.54) is 6.07 Å². The summed E-state index contributed by atoms with van der Waals surface area (Å²) in [4.78, 5) is 58.9. The van der Waals surface area contributed by atoms with E-state index in [0.717, 1.165) is 60.3 Å². The third-order valence-electron chi connectivity index (χ3n) is 12.7. The number of esters is 2. The molecule has 2 fully saturated rings. The van der Waals surface area contributed by atoms with E-state index in [4.69, 9.17) is 75.2 Å². The predicted molar refractivity (Wildman–Crippen MR) is 336 cm³/mol. The maximum Gasteiger partial charge on any atom is 0.341 e. The maximum atomic E-state index is 13.3. The van der Waals surface area contributed by atoms with Crippen LogP contribution in [0.25, 0.3) is 22.5 Å². The molecule has 446 valence electrons. The van der Waals surface area contributed by atoms with E-state index in [9.17, 15) is 24.0 Å². The molecular formula is C59H57Br4Cl4N5O12. The Morgan fingerprint density at radius 3 is 1.51 bits per heavy atom. The van der Waals surface area contributed by atoms with Gasteiger partial charge in [0, 0.05) is 79.2 Å². The zero-order valence-corrected chi connectivity index (χ0v) is 55.1. The van der Waals surface area contributed by atoms with Gasteiger partial charge in [0.25, 0.3) is 5.91 Å². The number of aromatic nitrogens is 4. The first kappa shape index (κ1) is 67.8. The highest BCUT2D eigenvalue weighted by molar-refractivity contribution is 9.11. The van der Waals surface area contributed by atoms with Gasteiger partial charge < -0.3 is 38.8 Å². The number of benzene rings is 5. The van der Waals surface area contributed by atoms with Crippen LogP contribution < -0.4 is 14.8 Å². The van der Waals surface area contributed by atoms with Crippen molar-refractivity contribution >= 4 is 140 Å². The van der Waals surface area contributed by atoms with Gasteiger partial charge in [0.1, 0.15) is 23.5 Å². The fourth-order valence-corrected chi connectivity index (χ4v) is 11.7.